The van der Waals surface area contributed by atoms with E-state index in [2.05, 4.69) is 16.2 Å². The molecule has 0 bridgehead atoms. The van der Waals surface area contributed by atoms with Gasteiger partial charge in [-0.05, 0) is 79.9 Å². The second kappa shape index (κ2) is 11.0. The first-order valence-corrected chi connectivity index (χ1v) is 14.0. The van der Waals surface area contributed by atoms with E-state index >= 15 is 0 Å². The van der Waals surface area contributed by atoms with Crippen LogP contribution < -0.4 is 21.7 Å². The number of hydrazine groups is 1. The molecule has 5 rings (SSSR count). The number of thiocarbonyl (C=S) groups is 1. The number of carbonyl (C=O) groups excluding carboxylic acids is 1. The van der Waals surface area contributed by atoms with Crippen molar-refractivity contribution >= 4 is 73.8 Å². The van der Waals surface area contributed by atoms with Crippen LogP contribution in [0.2, 0.25) is 5.02 Å². The molecule has 0 unspecified atom stereocenters. The first kappa shape index (κ1) is 24.8. The van der Waals surface area contributed by atoms with Crippen LogP contribution in [-0.4, -0.2) is 26.3 Å². The number of aromatic nitrogens is 2. The number of nitrogens with one attached hydrogen (secondary N) is 3. The average molecular weight is 556 g/mol. The highest BCUT2D eigenvalue weighted by Crippen LogP contribution is 2.35. The Kier molecular flexibility index (Phi) is 7.56. The number of carbonyl (C=O) groups is 1. The monoisotopic (exact) mass is 555 g/mol. The molecule has 36 heavy (non-hydrogen) atoms. The lowest BCUT2D eigenvalue weighted by molar-refractivity contribution is -0.119. The van der Waals surface area contributed by atoms with Gasteiger partial charge in [-0.3, -0.25) is 25.0 Å². The highest BCUT2D eigenvalue weighted by molar-refractivity contribution is 7.99. The molecule has 1 aliphatic rings. The predicted molar refractivity (Wildman–Crippen MR) is 152 cm³/mol. The van der Waals surface area contributed by atoms with Crippen LogP contribution in [0.1, 0.15) is 23.3 Å². The van der Waals surface area contributed by atoms with Crippen LogP contribution >= 0.6 is 46.9 Å². The zero-order valence-electron chi connectivity index (χ0n) is 19.0. The zero-order valence-corrected chi connectivity index (χ0v) is 22.3. The van der Waals surface area contributed by atoms with Crippen molar-refractivity contribution in [2.75, 3.05) is 11.1 Å². The quantitative estimate of drug-likeness (QED) is 0.137. The summed E-state index contributed by atoms with van der Waals surface area (Å²) in [7, 11) is 0. The summed E-state index contributed by atoms with van der Waals surface area (Å²) in [5.41, 5.74) is 7.80. The van der Waals surface area contributed by atoms with Crippen LogP contribution in [-0.2, 0) is 17.6 Å². The van der Waals surface area contributed by atoms with Crippen LogP contribution in [0.25, 0.3) is 15.9 Å². The molecule has 7 nitrogen and oxygen atoms in total. The van der Waals surface area contributed by atoms with Crippen LogP contribution in [0, 0.1) is 0 Å². The maximum Gasteiger partial charge on any atom is 0.267 e. The van der Waals surface area contributed by atoms with Gasteiger partial charge in [0.2, 0.25) is 5.91 Å². The number of para-hydroxylation sites is 1. The molecule has 3 N–H and O–H groups in total. The number of hydrogen-bond donors (Lipinski definition) is 3. The SMILES string of the molecule is O=C(CSc1nc2sc3c(c2c(=O)n1-c1ccccc1)CCCC3)NNC(=S)Nc1ccc(Cl)cc1. The number of thiophene rings is 1. The van der Waals surface area contributed by atoms with E-state index in [1.54, 1.807) is 40.2 Å². The normalized spacial score (nSPS) is 12.7. The van der Waals surface area contributed by atoms with Gasteiger partial charge >= 0.3 is 0 Å². The Hall–Kier alpha value is -2.92. The molecule has 0 aliphatic heterocycles. The first-order valence-electron chi connectivity index (χ1n) is 11.4. The molecular weight excluding hydrogens is 534 g/mol. The second-order valence-electron chi connectivity index (χ2n) is 8.18. The molecule has 1 aliphatic carbocycles. The highest BCUT2D eigenvalue weighted by Gasteiger charge is 2.23. The van der Waals surface area contributed by atoms with Crippen LogP contribution in [0.4, 0.5) is 5.69 Å². The van der Waals surface area contributed by atoms with Gasteiger partial charge in [0.1, 0.15) is 4.83 Å². The Labute approximate surface area is 226 Å². The van der Waals surface area contributed by atoms with Gasteiger partial charge in [-0.25, -0.2) is 4.98 Å². The third-order valence-electron chi connectivity index (χ3n) is 5.72. The van der Waals surface area contributed by atoms with Crippen LogP contribution in [0.15, 0.2) is 64.5 Å². The van der Waals surface area contributed by atoms with E-state index in [0.717, 1.165) is 47.5 Å². The summed E-state index contributed by atoms with van der Waals surface area (Å²) < 4.78 is 1.61. The molecule has 0 saturated carbocycles. The van der Waals surface area contributed by atoms with E-state index in [-0.39, 0.29) is 22.3 Å². The maximum atomic E-state index is 13.7. The fourth-order valence-corrected chi connectivity index (χ4v) is 6.49. The van der Waals surface area contributed by atoms with Crippen molar-refractivity contribution in [1.82, 2.24) is 20.4 Å². The minimum atomic E-state index is -0.306. The highest BCUT2D eigenvalue weighted by atomic mass is 35.5. The molecule has 0 radical (unpaired) electrons. The Bertz CT molecular complexity index is 1490. The number of amides is 1. The van der Waals surface area contributed by atoms with Crippen molar-refractivity contribution < 1.29 is 4.79 Å². The van der Waals surface area contributed by atoms with Crippen molar-refractivity contribution in [3.63, 3.8) is 0 Å². The largest absolute Gasteiger partial charge is 0.331 e. The number of rotatable bonds is 5. The summed E-state index contributed by atoms with van der Waals surface area (Å²) in [6, 6.07) is 16.5. The lowest BCUT2D eigenvalue weighted by Crippen LogP contribution is -2.44. The molecule has 0 fully saturated rings. The van der Waals surface area contributed by atoms with Crippen molar-refractivity contribution in [2.24, 2.45) is 0 Å². The number of nitrogens with zero attached hydrogens (tertiary/aromatic N) is 2. The van der Waals surface area contributed by atoms with Gasteiger partial charge in [0.15, 0.2) is 10.3 Å². The topological polar surface area (TPSA) is 88.0 Å². The summed E-state index contributed by atoms with van der Waals surface area (Å²) in [6.45, 7) is 0. The van der Waals surface area contributed by atoms with Crippen LogP contribution in [0.3, 0.4) is 0 Å². The molecule has 11 heteroatoms. The third kappa shape index (κ3) is 5.41. The molecule has 0 saturated heterocycles. The van der Waals surface area contributed by atoms with E-state index in [1.165, 1.54) is 16.6 Å². The number of hydrogen-bond acceptors (Lipinski definition) is 6. The Morgan fingerprint density at radius 1 is 1.08 bits per heavy atom. The lowest BCUT2D eigenvalue weighted by atomic mass is 9.97. The van der Waals surface area contributed by atoms with E-state index in [1.807, 2.05) is 30.3 Å². The van der Waals surface area contributed by atoms with Gasteiger partial charge < -0.3 is 5.32 Å². The summed E-state index contributed by atoms with van der Waals surface area (Å²) in [5, 5.41) is 5.02. The van der Waals surface area contributed by atoms with E-state index in [0.29, 0.717) is 15.6 Å². The summed E-state index contributed by atoms with van der Waals surface area (Å²) >= 11 is 13.9. The van der Waals surface area contributed by atoms with Gasteiger partial charge in [-0.15, -0.1) is 11.3 Å². The van der Waals surface area contributed by atoms with Gasteiger partial charge in [0, 0.05) is 15.6 Å². The Balaban J connectivity index is 1.33. The number of thioether (sulfide) groups is 1. The standard InChI is InChI=1S/C25H22ClN5O2S3/c26-15-10-12-16(13-11-15)27-24(34)30-29-20(32)14-35-25-28-22-21(18-8-4-5-9-19(18)36-22)23(33)31(25)17-6-2-1-3-7-17/h1-3,6-7,10-13H,4-5,8-9,14H2,(H,29,32)(H2,27,30,34). The van der Waals surface area contributed by atoms with E-state index < -0.39 is 0 Å². The Morgan fingerprint density at radius 3 is 2.61 bits per heavy atom. The maximum absolute atomic E-state index is 13.7. The molecule has 2 heterocycles. The molecule has 184 valence electrons. The van der Waals surface area contributed by atoms with E-state index in [4.69, 9.17) is 28.8 Å². The minimum absolute atomic E-state index is 0.0480. The summed E-state index contributed by atoms with van der Waals surface area (Å²) in [6.07, 6.45) is 4.12. The third-order valence-corrected chi connectivity index (χ3v) is 8.30. The van der Waals surface area contributed by atoms with Gasteiger partial charge in [0.05, 0.1) is 16.8 Å². The van der Waals surface area contributed by atoms with Crippen molar-refractivity contribution in [2.45, 2.75) is 30.8 Å². The van der Waals surface area contributed by atoms with Gasteiger partial charge in [0.25, 0.3) is 5.56 Å². The van der Waals surface area contributed by atoms with Gasteiger partial charge in [-0.1, -0.05) is 41.6 Å². The summed E-state index contributed by atoms with van der Waals surface area (Å²) in [4.78, 5) is 33.1. The van der Waals surface area contributed by atoms with Crippen molar-refractivity contribution in [1.29, 1.82) is 0 Å². The van der Waals surface area contributed by atoms with Crippen LogP contribution in [0.5, 0.6) is 0 Å². The minimum Gasteiger partial charge on any atom is -0.331 e. The number of halogens is 1. The fraction of sp³-hybridized carbons (Fsp3) is 0.200. The number of aryl methyl sites for hydroxylation is 2. The Morgan fingerprint density at radius 2 is 1.83 bits per heavy atom. The molecule has 4 aromatic rings. The number of benzene rings is 2. The molecule has 2 aromatic heterocycles. The van der Waals surface area contributed by atoms with Crippen molar-refractivity contribution in [3.8, 4) is 5.69 Å². The molecular formula is C25H22ClN5O2S3. The predicted octanol–water partition coefficient (Wildman–Crippen LogP) is 5.09. The number of anilines is 1. The zero-order chi connectivity index (χ0) is 25.1. The lowest BCUT2D eigenvalue weighted by Gasteiger charge is -2.14. The first-order chi connectivity index (χ1) is 17.5. The molecule has 2 aromatic carbocycles. The fourth-order valence-electron chi connectivity index (χ4n) is 4.08. The van der Waals surface area contributed by atoms with E-state index in [9.17, 15) is 9.59 Å². The molecule has 0 spiro atoms. The second-order valence-corrected chi connectivity index (χ2v) is 11.1. The smallest absolute Gasteiger partial charge is 0.267 e. The number of fused-ring (bicyclic) bond motifs is 3. The summed E-state index contributed by atoms with van der Waals surface area (Å²) in [5.74, 6) is -0.258. The molecule has 0 atom stereocenters. The van der Waals surface area contributed by atoms with Crippen molar-refractivity contribution in [3.05, 3.63) is 80.4 Å². The molecule has 1 amide bonds. The average Bonchev–Trinajstić information content (AvgIpc) is 3.27. The van der Waals surface area contributed by atoms with Gasteiger partial charge in [-0.2, -0.15) is 0 Å².